The Kier molecular flexibility index (Phi) is 3.57. The van der Waals surface area contributed by atoms with Crippen LogP contribution in [0.1, 0.15) is 18.4 Å². The molecule has 0 bridgehead atoms. The summed E-state index contributed by atoms with van der Waals surface area (Å²) in [6.07, 6.45) is 0.794. The first-order valence-electron chi connectivity index (χ1n) is 7.75. The number of fused-ring (bicyclic) bond motifs is 3. The number of thioether (sulfide) groups is 1. The minimum atomic E-state index is -0.952. The fourth-order valence-corrected chi connectivity index (χ4v) is 4.69. The molecule has 1 N–H and O–H groups in total. The van der Waals surface area contributed by atoms with Crippen molar-refractivity contribution < 1.29 is 14.0 Å². The van der Waals surface area contributed by atoms with Gasteiger partial charge in [0.15, 0.2) is 4.87 Å². The molecule has 2 amide bonds. The smallest absolute Gasteiger partial charge is 0.257 e. The topological polar surface area (TPSA) is 49.4 Å². The maximum atomic E-state index is 13.7. The lowest BCUT2D eigenvalue weighted by Gasteiger charge is -2.29. The second-order valence-electron chi connectivity index (χ2n) is 5.86. The lowest BCUT2D eigenvalue weighted by Crippen LogP contribution is -2.52. The van der Waals surface area contributed by atoms with E-state index in [1.54, 1.807) is 23.1 Å². The number of hydrogen-bond acceptors (Lipinski definition) is 3. The van der Waals surface area contributed by atoms with Crippen molar-refractivity contribution in [3.05, 3.63) is 59.9 Å². The Morgan fingerprint density at radius 3 is 2.79 bits per heavy atom. The summed E-state index contributed by atoms with van der Waals surface area (Å²) in [7, 11) is 0. The zero-order valence-electron chi connectivity index (χ0n) is 12.8. The van der Waals surface area contributed by atoms with Crippen molar-refractivity contribution in [1.29, 1.82) is 0 Å². The minimum absolute atomic E-state index is 0.0477. The van der Waals surface area contributed by atoms with Crippen molar-refractivity contribution in [3.63, 3.8) is 0 Å². The van der Waals surface area contributed by atoms with Gasteiger partial charge in [-0.25, -0.2) is 4.39 Å². The predicted molar refractivity (Wildman–Crippen MR) is 90.0 cm³/mol. The van der Waals surface area contributed by atoms with E-state index in [4.69, 9.17) is 0 Å². The Morgan fingerprint density at radius 2 is 1.96 bits per heavy atom. The number of hydrogen-bond donors (Lipinski definition) is 1. The highest BCUT2D eigenvalue weighted by Crippen LogP contribution is 2.55. The van der Waals surface area contributed by atoms with Gasteiger partial charge in [0.2, 0.25) is 5.91 Å². The summed E-state index contributed by atoms with van der Waals surface area (Å²) in [6.45, 7) is 0.103. The van der Waals surface area contributed by atoms with Gasteiger partial charge >= 0.3 is 0 Å². The van der Waals surface area contributed by atoms with Gasteiger partial charge < -0.3 is 5.32 Å². The lowest BCUT2D eigenvalue weighted by atomic mass is 10.1. The van der Waals surface area contributed by atoms with Crippen LogP contribution >= 0.6 is 11.8 Å². The first-order valence-corrected chi connectivity index (χ1v) is 8.56. The average molecular weight is 342 g/mol. The van der Waals surface area contributed by atoms with Gasteiger partial charge in [-0.1, -0.05) is 42.1 Å². The Morgan fingerprint density at radius 1 is 1.21 bits per heavy atom. The zero-order chi connectivity index (χ0) is 16.7. The zero-order valence-corrected chi connectivity index (χ0v) is 13.6. The van der Waals surface area contributed by atoms with Gasteiger partial charge in [-0.05, 0) is 24.6 Å². The molecular formula is C18H15FN2O2S. The van der Waals surface area contributed by atoms with Gasteiger partial charge in [0.05, 0.1) is 5.69 Å². The van der Waals surface area contributed by atoms with Crippen LogP contribution in [0.2, 0.25) is 0 Å². The van der Waals surface area contributed by atoms with Crippen molar-refractivity contribution in [2.24, 2.45) is 0 Å². The maximum absolute atomic E-state index is 13.7. The van der Waals surface area contributed by atoms with E-state index in [2.05, 4.69) is 5.32 Å². The number of amides is 2. The summed E-state index contributed by atoms with van der Waals surface area (Å²) in [5, 5.41) is 2.81. The number of anilines is 1. The molecule has 1 saturated heterocycles. The standard InChI is InChI=1S/C18H15FN2O2S/c19-13-6-2-1-5-12(13)11-20-17(23)18-10-9-16(22)21(18)14-7-3-4-8-15(14)24-18/h1-8H,9-11H2,(H,20,23)/t18-/m1/s1. The highest BCUT2D eigenvalue weighted by atomic mass is 32.2. The van der Waals surface area contributed by atoms with Gasteiger partial charge in [0, 0.05) is 23.4 Å². The SMILES string of the molecule is O=C1CC[C@]2(C(=O)NCc3ccccc3F)Sc3ccccc3N12. The molecule has 1 fully saturated rings. The monoisotopic (exact) mass is 342 g/mol. The molecule has 24 heavy (non-hydrogen) atoms. The van der Waals surface area contributed by atoms with Crippen LogP contribution in [0.5, 0.6) is 0 Å². The van der Waals surface area contributed by atoms with Crippen molar-refractivity contribution in [3.8, 4) is 0 Å². The fourth-order valence-electron chi connectivity index (χ4n) is 3.25. The van der Waals surface area contributed by atoms with Crippen LogP contribution in [0.4, 0.5) is 10.1 Å². The summed E-state index contributed by atoms with van der Waals surface area (Å²) in [5.41, 5.74) is 1.21. The third kappa shape index (κ3) is 2.21. The number of nitrogens with one attached hydrogen (secondary N) is 1. The van der Waals surface area contributed by atoms with E-state index >= 15 is 0 Å². The molecule has 2 heterocycles. The van der Waals surface area contributed by atoms with E-state index in [1.165, 1.54) is 17.8 Å². The van der Waals surface area contributed by atoms with E-state index in [0.29, 0.717) is 18.4 Å². The van der Waals surface area contributed by atoms with Crippen LogP contribution in [0, 0.1) is 5.82 Å². The van der Waals surface area contributed by atoms with Gasteiger partial charge in [-0.3, -0.25) is 14.5 Å². The molecule has 0 saturated carbocycles. The maximum Gasteiger partial charge on any atom is 0.257 e. The second kappa shape index (κ2) is 5.63. The molecule has 4 nitrogen and oxygen atoms in total. The first-order chi connectivity index (χ1) is 11.6. The predicted octanol–water partition coefficient (Wildman–Crippen LogP) is 3.07. The van der Waals surface area contributed by atoms with Crippen molar-refractivity contribution in [2.75, 3.05) is 4.90 Å². The highest BCUT2D eigenvalue weighted by molar-refractivity contribution is 8.02. The van der Waals surface area contributed by atoms with Crippen molar-refractivity contribution in [2.45, 2.75) is 29.2 Å². The summed E-state index contributed by atoms with van der Waals surface area (Å²) in [6, 6.07) is 13.9. The molecule has 2 aliphatic rings. The molecule has 0 unspecified atom stereocenters. The Labute approximate surface area is 143 Å². The molecule has 0 radical (unpaired) electrons. The van der Waals surface area contributed by atoms with Crippen LogP contribution in [0.25, 0.3) is 0 Å². The van der Waals surface area contributed by atoms with E-state index in [-0.39, 0.29) is 24.2 Å². The highest BCUT2D eigenvalue weighted by Gasteiger charge is 2.57. The van der Waals surface area contributed by atoms with Crippen LogP contribution in [0.3, 0.4) is 0 Å². The number of benzene rings is 2. The molecular weight excluding hydrogens is 327 g/mol. The summed E-state index contributed by atoms with van der Waals surface area (Å²) in [5.74, 6) is -0.650. The molecule has 0 spiro atoms. The normalized spacial score (nSPS) is 21.5. The minimum Gasteiger partial charge on any atom is -0.349 e. The number of carbonyl (C=O) groups excluding carboxylic acids is 2. The molecule has 0 aliphatic carbocycles. The number of halogens is 1. The largest absolute Gasteiger partial charge is 0.349 e. The summed E-state index contributed by atoms with van der Waals surface area (Å²) >= 11 is 1.40. The van der Waals surface area contributed by atoms with Crippen LogP contribution in [0.15, 0.2) is 53.4 Å². The van der Waals surface area contributed by atoms with E-state index in [1.807, 2.05) is 24.3 Å². The van der Waals surface area contributed by atoms with E-state index < -0.39 is 4.87 Å². The molecule has 122 valence electrons. The summed E-state index contributed by atoms with van der Waals surface area (Å²) < 4.78 is 13.7. The van der Waals surface area contributed by atoms with Gasteiger partial charge in [-0.2, -0.15) is 0 Å². The molecule has 0 aromatic heterocycles. The molecule has 4 rings (SSSR count). The van der Waals surface area contributed by atoms with E-state index in [9.17, 15) is 14.0 Å². The van der Waals surface area contributed by atoms with E-state index in [0.717, 1.165) is 10.6 Å². The molecule has 6 heteroatoms. The Balaban J connectivity index is 1.60. The molecule has 1 atom stereocenters. The number of para-hydroxylation sites is 1. The number of nitrogens with zero attached hydrogens (tertiary/aromatic N) is 1. The van der Waals surface area contributed by atoms with Gasteiger partial charge in [0.25, 0.3) is 5.91 Å². The number of rotatable bonds is 3. The van der Waals surface area contributed by atoms with Gasteiger partial charge in [0.1, 0.15) is 5.82 Å². The summed E-state index contributed by atoms with van der Waals surface area (Å²) in [4.78, 5) is 26.8. The molecule has 2 aliphatic heterocycles. The van der Waals surface area contributed by atoms with Crippen molar-refractivity contribution >= 4 is 29.3 Å². The van der Waals surface area contributed by atoms with Gasteiger partial charge in [-0.15, -0.1) is 0 Å². The molecule has 2 aromatic carbocycles. The van der Waals surface area contributed by atoms with Crippen LogP contribution < -0.4 is 10.2 Å². The Bertz CT molecular complexity index is 841. The Hall–Kier alpha value is -2.34. The van der Waals surface area contributed by atoms with Crippen molar-refractivity contribution in [1.82, 2.24) is 5.32 Å². The average Bonchev–Trinajstić information content (AvgIpc) is 3.10. The second-order valence-corrected chi connectivity index (χ2v) is 7.18. The molecule has 2 aromatic rings. The lowest BCUT2D eigenvalue weighted by molar-refractivity contribution is -0.125. The van der Waals surface area contributed by atoms with Crippen LogP contribution in [-0.2, 0) is 16.1 Å². The van der Waals surface area contributed by atoms with Crippen LogP contribution in [-0.4, -0.2) is 16.7 Å². The first kappa shape index (κ1) is 15.2. The third-order valence-corrected chi connectivity index (χ3v) is 5.90. The third-order valence-electron chi connectivity index (χ3n) is 4.43. The quantitative estimate of drug-likeness (QED) is 0.933. The fraction of sp³-hybridized carbons (Fsp3) is 0.222. The number of carbonyl (C=O) groups is 2.